The SMILES string of the molecule is c1ccc(N(c2ccc3c(c2)oc2cc4ccccc4cc23)c2ccc3c(c2)c2cc4ccccc4cc2n3-c2ccccc2)cc1. The maximum atomic E-state index is 6.51. The Morgan fingerprint density at radius 3 is 1.66 bits per heavy atom. The molecule has 0 spiro atoms. The minimum absolute atomic E-state index is 0.877. The van der Waals surface area contributed by atoms with E-state index in [2.05, 4.69) is 179 Å². The van der Waals surface area contributed by atoms with Crippen molar-refractivity contribution in [2.75, 3.05) is 4.90 Å². The monoisotopic (exact) mass is 600 g/mol. The van der Waals surface area contributed by atoms with E-state index in [-0.39, 0.29) is 0 Å². The van der Waals surface area contributed by atoms with Crippen LogP contribution in [0, 0.1) is 0 Å². The van der Waals surface area contributed by atoms with Crippen LogP contribution in [0.4, 0.5) is 17.1 Å². The number of aromatic nitrogens is 1. The molecule has 0 aliphatic heterocycles. The van der Waals surface area contributed by atoms with E-state index in [0.717, 1.165) is 44.7 Å². The summed E-state index contributed by atoms with van der Waals surface area (Å²) < 4.78 is 8.90. The Labute approximate surface area is 271 Å². The predicted molar refractivity (Wildman–Crippen MR) is 198 cm³/mol. The average molecular weight is 601 g/mol. The van der Waals surface area contributed by atoms with Gasteiger partial charge in [-0.15, -0.1) is 0 Å². The standard InChI is InChI=1S/C44H28N2O/c1-3-15-33(16-4-1)45(36-19-21-37-40-24-30-12-8-10-14-32(30)26-43(40)47-44(37)28-36)35-20-22-41-39(27-35)38-23-29-11-7-9-13-31(29)25-42(38)46(41)34-17-5-2-6-18-34/h1-28H. The van der Waals surface area contributed by atoms with E-state index >= 15 is 0 Å². The lowest BCUT2D eigenvalue weighted by Gasteiger charge is -2.25. The first kappa shape index (κ1) is 26.0. The van der Waals surface area contributed by atoms with Gasteiger partial charge in [-0.05, 0) is 100 Å². The maximum absolute atomic E-state index is 6.51. The van der Waals surface area contributed by atoms with E-state index in [1.807, 2.05) is 0 Å². The highest BCUT2D eigenvalue weighted by Gasteiger charge is 2.19. The van der Waals surface area contributed by atoms with E-state index in [1.54, 1.807) is 0 Å². The van der Waals surface area contributed by atoms with Crippen LogP contribution in [0.25, 0.3) is 71.0 Å². The molecular formula is C44H28N2O. The molecule has 3 heteroatoms. The lowest BCUT2D eigenvalue weighted by Crippen LogP contribution is -2.09. The summed E-state index contributed by atoms with van der Waals surface area (Å²) in [5, 5.41) is 9.57. The van der Waals surface area contributed by atoms with Crippen molar-refractivity contribution in [3.63, 3.8) is 0 Å². The van der Waals surface area contributed by atoms with E-state index < -0.39 is 0 Å². The van der Waals surface area contributed by atoms with Crippen molar-refractivity contribution < 1.29 is 4.42 Å². The van der Waals surface area contributed by atoms with Crippen molar-refractivity contribution in [3.05, 3.63) is 170 Å². The predicted octanol–water partition coefficient (Wildman–Crippen LogP) is 12.5. The summed E-state index contributed by atoms with van der Waals surface area (Å²) in [7, 11) is 0. The first-order valence-corrected chi connectivity index (χ1v) is 16.0. The van der Waals surface area contributed by atoms with Gasteiger partial charge in [-0.25, -0.2) is 0 Å². The number of furan rings is 1. The van der Waals surface area contributed by atoms with Crippen LogP contribution < -0.4 is 4.90 Å². The molecule has 0 saturated heterocycles. The number of hydrogen-bond donors (Lipinski definition) is 0. The first-order chi connectivity index (χ1) is 23.3. The highest BCUT2D eigenvalue weighted by atomic mass is 16.3. The molecule has 0 aliphatic rings. The molecule has 3 nitrogen and oxygen atoms in total. The largest absolute Gasteiger partial charge is 0.456 e. The smallest absolute Gasteiger partial charge is 0.137 e. The van der Waals surface area contributed by atoms with Gasteiger partial charge in [0, 0.05) is 50.4 Å². The molecule has 0 saturated carbocycles. The normalized spacial score (nSPS) is 11.8. The lowest BCUT2D eigenvalue weighted by molar-refractivity contribution is 0.669. The van der Waals surface area contributed by atoms with Crippen LogP contribution in [0.1, 0.15) is 0 Å². The zero-order chi connectivity index (χ0) is 30.9. The number of nitrogens with zero attached hydrogens (tertiary/aromatic N) is 2. The summed E-state index contributed by atoms with van der Waals surface area (Å²) in [6, 6.07) is 60.8. The second-order valence-corrected chi connectivity index (χ2v) is 12.2. The molecule has 0 amide bonds. The Morgan fingerprint density at radius 1 is 0.362 bits per heavy atom. The minimum atomic E-state index is 0.877. The number of benzene rings is 8. The molecule has 10 aromatic rings. The van der Waals surface area contributed by atoms with E-state index in [9.17, 15) is 0 Å². The summed E-state index contributed by atoms with van der Waals surface area (Å²) in [6.07, 6.45) is 0. The summed E-state index contributed by atoms with van der Waals surface area (Å²) in [4.78, 5) is 2.33. The van der Waals surface area contributed by atoms with Crippen molar-refractivity contribution in [3.8, 4) is 5.69 Å². The fourth-order valence-corrected chi connectivity index (χ4v) is 7.30. The Bertz CT molecular complexity index is 2790. The van der Waals surface area contributed by atoms with Crippen LogP contribution in [0.2, 0.25) is 0 Å². The number of anilines is 3. The van der Waals surface area contributed by atoms with Gasteiger partial charge < -0.3 is 13.9 Å². The number of fused-ring (bicyclic) bond motifs is 8. The van der Waals surface area contributed by atoms with Crippen LogP contribution in [0.15, 0.2) is 174 Å². The third-order valence-corrected chi connectivity index (χ3v) is 9.48. The van der Waals surface area contributed by atoms with E-state index in [4.69, 9.17) is 4.42 Å². The Kier molecular flexibility index (Phi) is 5.57. The van der Waals surface area contributed by atoms with Crippen molar-refractivity contribution in [1.82, 2.24) is 4.57 Å². The summed E-state index contributed by atoms with van der Waals surface area (Å²) in [5.41, 5.74) is 8.53. The van der Waals surface area contributed by atoms with E-state index in [0.29, 0.717) is 0 Å². The van der Waals surface area contributed by atoms with Gasteiger partial charge in [0.05, 0.1) is 11.0 Å². The third-order valence-electron chi connectivity index (χ3n) is 9.48. The van der Waals surface area contributed by atoms with Gasteiger partial charge in [0.2, 0.25) is 0 Å². The van der Waals surface area contributed by atoms with Crippen LogP contribution in [-0.4, -0.2) is 4.57 Å². The number of hydrogen-bond acceptors (Lipinski definition) is 2. The third kappa shape index (κ3) is 4.07. The molecule has 220 valence electrons. The maximum Gasteiger partial charge on any atom is 0.137 e. The molecular weight excluding hydrogens is 572 g/mol. The van der Waals surface area contributed by atoms with Gasteiger partial charge in [0.25, 0.3) is 0 Å². The van der Waals surface area contributed by atoms with Crippen LogP contribution in [0.3, 0.4) is 0 Å². The molecule has 0 N–H and O–H groups in total. The van der Waals surface area contributed by atoms with Crippen LogP contribution in [0.5, 0.6) is 0 Å². The fraction of sp³-hybridized carbons (Fsp3) is 0. The molecule has 0 unspecified atom stereocenters. The minimum Gasteiger partial charge on any atom is -0.456 e. The second kappa shape index (κ2) is 10.1. The highest BCUT2D eigenvalue weighted by Crippen LogP contribution is 2.42. The molecule has 2 aromatic heterocycles. The van der Waals surface area contributed by atoms with Gasteiger partial charge in [-0.2, -0.15) is 0 Å². The molecule has 2 heterocycles. The average Bonchev–Trinajstić information content (AvgIpc) is 3.64. The fourth-order valence-electron chi connectivity index (χ4n) is 7.30. The molecule has 10 rings (SSSR count). The summed E-state index contributed by atoms with van der Waals surface area (Å²) in [6.45, 7) is 0. The molecule has 8 aromatic carbocycles. The first-order valence-electron chi connectivity index (χ1n) is 16.0. The Balaban J connectivity index is 1.21. The molecule has 0 aliphatic carbocycles. The van der Waals surface area contributed by atoms with Crippen LogP contribution in [-0.2, 0) is 0 Å². The van der Waals surface area contributed by atoms with E-state index in [1.165, 1.54) is 43.4 Å². The van der Waals surface area contributed by atoms with Gasteiger partial charge in [-0.1, -0.05) is 84.9 Å². The van der Waals surface area contributed by atoms with Crippen molar-refractivity contribution >= 4 is 82.4 Å². The second-order valence-electron chi connectivity index (χ2n) is 12.2. The lowest BCUT2D eigenvalue weighted by atomic mass is 10.0. The van der Waals surface area contributed by atoms with Crippen molar-refractivity contribution in [1.29, 1.82) is 0 Å². The Morgan fingerprint density at radius 2 is 0.915 bits per heavy atom. The summed E-state index contributed by atoms with van der Waals surface area (Å²) in [5.74, 6) is 0. The molecule has 0 atom stereocenters. The summed E-state index contributed by atoms with van der Waals surface area (Å²) >= 11 is 0. The van der Waals surface area contributed by atoms with Gasteiger partial charge in [0.1, 0.15) is 11.2 Å². The molecule has 0 fully saturated rings. The van der Waals surface area contributed by atoms with Gasteiger partial charge in [-0.3, -0.25) is 0 Å². The Hall–Kier alpha value is -6.32. The number of rotatable bonds is 4. The van der Waals surface area contributed by atoms with Crippen LogP contribution >= 0.6 is 0 Å². The molecule has 47 heavy (non-hydrogen) atoms. The number of para-hydroxylation sites is 2. The topological polar surface area (TPSA) is 21.3 Å². The molecule has 0 bridgehead atoms. The van der Waals surface area contributed by atoms with Crippen molar-refractivity contribution in [2.45, 2.75) is 0 Å². The highest BCUT2D eigenvalue weighted by molar-refractivity contribution is 6.15. The zero-order valence-corrected chi connectivity index (χ0v) is 25.5. The zero-order valence-electron chi connectivity index (χ0n) is 25.5. The van der Waals surface area contributed by atoms with Crippen molar-refractivity contribution in [2.24, 2.45) is 0 Å². The van der Waals surface area contributed by atoms with Gasteiger partial charge >= 0.3 is 0 Å². The quantitative estimate of drug-likeness (QED) is 0.200. The molecule has 0 radical (unpaired) electrons. The van der Waals surface area contributed by atoms with Gasteiger partial charge in [0.15, 0.2) is 0 Å².